The van der Waals surface area contributed by atoms with Crippen LogP contribution in [0.2, 0.25) is 0 Å². The van der Waals surface area contributed by atoms with Crippen LogP contribution < -0.4 is 5.32 Å². The Morgan fingerprint density at radius 1 is 1.19 bits per heavy atom. The fraction of sp³-hybridized carbons (Fsp3) is 0.556. The van der Waals surface area contributed by atoms with E-state index >= 15 is 0 Å². The van der Waals surface area contributed by atoms with Crippen molar-refractivity contribution in [3.05, 3.63) is 36.0 Å². The van der Waals surface area contributed by atoms with E-state index in [2.05, 4.69) is 63.4 Å². The van der Waals surface area contributed by atoms with E-state index in [-0.39, 0.29) is 28.6 Å². The molecule has 0 radical (unpaired) electrons. The van der Waals surface area contributed by atoms with E-state index in [1.165, 1.54) is 0 Å². The lowest BCUT2D eigenvalue weighted by Gasteiger charge is -2.29. The molecule has 0 saturated carbocycles. The van der Waals surface area contributed by atoms with Crippen molar-refractivity contribution in [1.82, 2.24) is 5.32 Å². The van der Waals surface area contributed by atoms with Gasteiger partial charge < -0.3 is 0 Å². The summed E-state index contributed by atoms with van der Waals surface area (Å²) in [6.07, 6.45) is 12.9. The van der Waals surface area contributed by atoms with E-state index in [1.807, 2.05) is 0 Å². The summed E-state index contributed by atoms with van der Waals surface area (Å²) in [6.45, 7) is 8.65. The summed E-state index contributed by atoms with van der Waals surface area (Å²) in [5.74, 6) is -0.546. The average Bonchev–Trinajstić information content (AvgIpc) is 2.40. The minimum Gasteiger partial charge on any atom is -0.296 e. The molecule has 1 aliphatic carbocycles. The van der Waals surface area contributed by atoms with Gasteiger partial charge in [0.05, 0.1) is 5.92 Å². The molecule has 0 aromatic rings. The van der Waals surface area contributed by atoms with Gasteiger partial charge in [-0.25, -0.2) is 0 Å². The first-order valence-electron chi connectivity index (χ1n) is 7.71. The number of piperidine rings is 1. The molecule has 114 valence electrons. The lowest BCUT2D eigenvalue weighted by molar-refractivity contribution is -0.135. The summed E-state index contributed by atoms with van der Waals surface area (Å²) < 4.78 is 0. The van der Waals surface area contributed by atoms with Crippen LogP contribution in [0.15, 0.2) is 36.0 Å². The molecule has 1 aliphatic heterocycles. The molecular formula is C18H25NO2. The van der Waals surface area contributed by atoms with Crippen molar-refractivity contribution >= 4 is 11.8 Å². The van der Waals surface area contributed by atoms with Crippen LogP contribution >= 0.6 is 0 Å². The first-order valence-corrected chi connectivity index (χ1v) is 7.71. The number of rotatable bonds is 2. The molecule has 2 aliphatic rings. The topological polar surface area (TPSA) is 46.2 Å². The first kappa shape index (κ1) is 15.7. The summed E-state index contributed by atoms with van der Waals surface area (Å²) in [5.41, 5.74) is 0.935. The monoisotopic (exact) mass is 287 g/mol. The molecule has 1 heterocycles. The van der Waals surface area contributed by atoms with E-state index in [4.69, 9.17) is 0 Å². The van der Waals surface area contributed by atoms with Gasteiger partial charge in [0.1, 0.15) is 0 Å². The normalized spacial score (nSPS) is 37.7. The van der Waals surface area contributed by atoms with Crippen LogP contribution in [0, 0.1) is 16.7 Å². The molecule has 0 aromatic heterocycles. The summed E-state index contributed by atoms with van der Waals surface area (Å²) in [6, 6.07) is 0. The van der Waals surface area contributed by atoms with E-state index in [9.17, 15) is 9.59 Å². The van der Waals surface area contributed by atoms with Crippen LogP contribution in [0.3, 0.4) is 0 Å². The summed E-state index contributed by atoms with van der Waals surface area (Å²) in [7, 11) is 0. The lowest BCUT2D eigenvalue weighted by Crippen LogP contribution is -2.41. The number of carbonyl (C=O) groups excluding carboxylic acids is 2. The van der Waals surface area contributed by atoms with Crippen LogP contribution in [0.4, 0.5) is 0 Å². The van der Waals surface area contributed by atoms with Crippen LogP contribution in [-0.4, -0.2) is 11.8 Å². The molecular weight excluding hydrogens is 262 g/mol. The highest BCUT2D eigenvalue weighted by Crippen LogP contribution is 2.35. The Bertz CT molecular complexity index is 539. The smallest absolute Gasteiger partial charge is 0.234 e. The number of nitrogens with one attached hydrogen (secondary N) is 1. The Morgan fingerprint density at radius 3 is 2.52 bits per heavy atom. The van der Waals surface area contributed by atoms with Gasteiger partial charge in [0.15, 0.2) is 0 Å². The summed E-state index contributed by atoms with van der Waals surface area (Å²) in [5, 5.41) is 2.45. The van der Waals surface area contributed by atoms with Crippen LogP contribution in [0.25, 0.3) is 0 Å². The third-order valence-electron chi connectivity index (χ3n) is 4.49. The van der Waals surface area contributed by atoms with Gasteiger partial charge in [0.2, 0.25) is 11.8 Å². The fourth-order valence-corrected chi connectivity index (χ4v) is 2.74. The molecule has 0 bridgehead atoms. The highest BCUT2D eigenvalue weighted by Gasteiger charge is 2.31. The third-order valence-corrected chi connectivity index (χ3v) is 4.49. The zero-order valence-corrected chi connectivity index (χ0v) is 13.4. The zero-order chi connectivity index (χ0) is 15.7. The molecule has 2 atom stereocenters. The van der Waals surface area contributed by atoms with Gasteiger partial charge in [0, 0.05) is 17.3 Å². The number of imide groups is 1. The van der Waals surface area contributed by atoms with Crippen molar-refractivity contribution in [1.29, 1.82) is 0 Å². The second-order valence-corrected chi connectivity index (χ2v) is 7.00. The molecule has 3 heteroatoms. The zero-order valence-electron chi connectivity index (χ0n) is 13.4. The number of hydrogen-bond donors (Lipinski definition) is 1. The van der Waals surface area contributed by atoms with E-state index in [0.717, 1.165) is 12.0 Å². The minimum absolute atomic E-state index is 0.0116. The number of amides is 2. The second-order valence-electron chi connectivity index (χ2n) is 7.00. The van der Waals surface area contributed by atoms with Gasteiger partial charge >= 0.3 is 0 Å². The molecule has 2 amide bonds. The van der Waals surface area contributed by atoms with Crippen molar-refractivity contribution in [2.24, 2.45) is 16.7 Å². The van der Waals surface area contributed by atoms with Crippen molar-refractivity contribution in [2.45, 2.75) is 47.0 Å². The van der Waals surface area contributed by atoms with Crippen molar-refractivity contribution < 1.29 is 9.59 Å². The standard InChI is InChI=1S/C18H25NO2/c1-5-18(4)9-8-13(12-17(2,3)10-11-18)14-6-7-15(20)19-16(14)21/h8-12,14H,5-7H2,1-4H3,(H,19,20,21)/b9-8-,11-10-,13-12+. The molecule has 21 heavy (non-hydrogen) atoms. The summed E-state index contributed by atoms with van der Waals surface area (Å²) in [4.78, 5) is 23.4. The Morgan fingerprint density at radius 2 is 1.90 bits per heavy atom. The molecule has 2 rings (SSSR count). The molecule has 1 saturated heterocycles. The quantitative estimate of drug-likeness (QED) is 0.624. The maximum Gasteiger partial charge on any atom is 0.234 e. The highest BCUT2D eigenvalue weighted by molar-refractivity contribution is 6.00. The Kier molecular flexibility index (Phi) is 4.22. The fourth-order valence-electron chi connectivity index (χ4n) is 2.74. The van der Waals surface area contributed by atoms with Gasteiger partial charge in [-0.15, -0.1) is 0 Å². The van der Waals surface area contributed by atoms with Gasteiger partial charge in [-0.3, -0.25) is 14.9 Å². The Hall–Kier alpha value is -1.64. The van der Waals surface area contributed by atoms with Gasteiger partial charge in [0.25, 0.3) is 0 Å². The molecule has 1 N–H and O–H groups in total. The average molecular weight is 287 g/mol. The molecule has 0 spiro atoms. The largest absolute Gasteiger partial charge is 0.296 e. The summed E-state index contributed by atoms with van der Waals surface area (Å²) >= 11 is 0. The predicted molar refractivity (Wildman–Crippen MR) is 84.4 cm³/mol. The predicted octanol–water partition coefficient (Wildman–Crippen LogP) is 3.53. The van der Waals surface area contributed by atoms with Crippen LogP contribution in [0.5, 0.6) is 0 Å². The van der Waals surface area contributed by atoms with Crippen LogP contribution in [0.1, 0.15) is 47.0 Å². The Balaban J connectivity index is 2.37. The number of hydrogen-bond acceptors (Lipinski definition) is 2. The SMILES string of the molecule is CCC1(C)/C=C\C(C2CCC(=O)NC2=O)=C/C(C)(C)/C=C\1. The van der Waals surface area contributed by atoms with Gasteiger partial charge in [-0.1, -0.05) is 58.1 Å². The van der Waals surface area contributed by atoms with Gasteiger partial charge in [-0.05, 0) is 18.4 Å². The van der Waals surface area contributed by atoms with E-state index < -0.39 is 0 Å². The minimum atomic E-state index is -0.217. The lowest BCUT2D eigenvalue weighted by atomic mass is 9.76. The van der Waals surface area contributed by atoms with Crippen LogP contribution in [-0.2, 0) is 9.59 Å². The highest BCUT2D eigenvalue weighted by atomic mass is 16.2. The Labute approximate surface area is 127 Å². The number of allylic oxidation sites excluding steroid dienone is 5. The number of carbonyl (C=O) groups is 2. The molecule has 1 fully saturated rings. The van der Waals surface area contributed by atoms with Crippen molar-refractivity contribution in [3.8, 4) is 0 Å². The van der Waals surface area contributed by atoms with Crippen molar-refractivity contribution in [3.63, 3.8) is 0 Å². The second kappa shape index (κ2) is 5.63. The maximum atomic E-state index is 12.1. The van der Waals surface area contributed by atoms with E-state index in [1.54, 1.807) is 0 Å². The third kappa shape index (κ3) is 3.72. The molecule has 0 aromatic carbocycles. The van der Waals surface area contributed by atoms with E-state index in [0.29, 0.717) is 12.8 Å². The van der Waals surface area contributed by atoms with Crippen molar-refractivity contribution in [2.75, 3.05) is 0 Å². The van der Waals surface area contributed by atoms with Gasteiger partial charge in [-0.2, -0.15) is 0 Å². The molecule has 2 unspecified atom stereocenters. The maximum absolute atomic E-state index is 12.1. The molecule has 3 nitrogen and oxygen atoms in total. The first-order chi connectivity index (χ1) is 9.75.